The number of carboxylic acid groups (broad SMARTS) is 1. The second kappa shape index (κ2) is 6.21. The van der Waals surface area contributed by atoms with Crippen molar-refractivity contribution in [3.05, 3.63) is 0 Å². The Kier molecular flexibility index (Phi) is 5.22. The first-order valence-corrected chi connectivity index (χ1v) is 6.09. The number of ether oxygens (including phenoxy) is 1. The van der Waals surface area contributed by atoms with Crippen LogP contribution < -0.4 is 0 Å². The van der Waals surface area contributed by atoms with E-state index in [2.05, 4.69) is 18.7 Å². The van der Waals surface area contributed by atoms with Crippen LogP contribution in [0.2, 0.25) is 0 Å². The molecule has 0 aromatic rings. The fourth-order valence-electron chi connectivity index (χ4n) is 1.98. The first-order chi connectivity index (χ1) is 7.50. The maximum Gasteiger partial charge on any atom is 0.307 e. The average Bonchev–Trinajstić information content (AvgIpc) is 2.68. The van der Waals surface area contributed by atoms with Crippen molar-refractivity contribution in [3.63, 3.8) is 0 Å². The lowest BCUT2D eigenvalue weighted by molar-refractivity contribution is -0.142. The summed E-state index contributed by atoms with van der Waals surface area (Å²) in [5.74, 6) is -1.04. The van der Waals surface area contributed by atoms with Crippen LogP contribution in [0.3, 0.4) is 0 Å². The maximum absolute atomic E-state index is 10.8. The minimum atomic E-state index is -0.724. The van der Waals surface area contributed by atoms with Gasteiger partial charge in [-0.2, -0.15) is 0 Å². The van der Waals surface area contributed by atoms with E-state index < -0.39 is 5.97 Å². The van der Waals surface area contributed by atoms with Crippen molar-refractivity contribution in [3.8, 4) is 0 Å². The highest BCUT2D eigenvalue weighted by Gasteiger charge is 2.23. The zero-order valence-corrected chi connectivity index (χ0v) is 10.5. The molecule has 1 N–H and O–H groups in total. The summed E-state index contributed by atoms with van der Waals surface area (Å²) in [6.45, 7) is 8.27. The Morgan fingerprint density at radius 1 is 1.50 bits per heavy atom. The largest absolute Gasteiger partial charge is 0.481 e. The van der Waals surface area contributed by atoms with Gasteiger partial charge < -0.3 is 9.84 Å². The lowest BCUT2D eigenvalue weighted by atomic mass is 10.1. The van der Waals surface area contributed by atoms with Crippen molar-refractivity contribution < 1.29 is 14.6 Å². The van der Waals surface area contributed by atoms with Gasteiger partial charge in [0.2, 0.25) is 0 Å². The molecule has 4 heteroatoms. The zero-order chi connectivity index (χ0) is 12.1. The topological polar surface area (TPSA) is 49.8 Å². The Balaban J connectivity index is 2.43. The summed E-state index contributed by atoms with van der Waals surface area (Å²) in [6.07, 6.45) is 2.53. The van der Waals surface area contributed by atoms with Crippen LogP contribution in [0.1, 0.15) is 33.6 Å². The van der Waals surface area contributed by atoms with Crippen LogP contribution in [0.5, 0.6) is 0 Å². The van der Waals surface area contributed by atoms with E-state index in [1.807, 2.05) is 0 Å². The zero-order valence-electron chi connectivity index (χ0n) is 10.5. The minimum Gasteiger partial charge on any atom is -0.481 e. The minimum absolute atomic E-state index is 0.295. The van der Waals surface area contributed by atoms with Crippen LogP contribution in [0.4, 0.5) is 0 Å². The Labute approximate surface area is 97.6 Å². The van der Waals surface area contributed by atoms with Gasteiger partial charge in [0.05, 0.1) is 12.0 Å². The molecule has 94 valence electrons. The molecule has 0 saturated carbocycles. The summed E-state index contributed by atoms with van der Waals surface area (Å²) >= 11 is 0. The Morgan fingerprint density at radius 3 is 2.62 bits per heavy atom. The van der Waals surface area contributed by atoms with E-state index in [1.54, 1.807) is 6.92 Å². The predicted molar refractivity (Wildman–Crippen MR) is 62.5 cm³/mol. The number of nitrogens with zero attached hydrogens (tertiary/aromatic N) is 1. The first-order valence-electron chi connectivity index (χ1n) is 6.09. The van der Waals surface area contributed by atoms with Crippen LogP contribution in [0, 0.1) is 5.92 Å². The number of carbonyl (C=O) groups is 1. The van der Waals surface area contributed by atoms with Gasteiger partial charge in [0.25, 0.3) is 0 Å². The molecule has 1 fully saturated rings. The SMILES string of the molecule is CC(CN(CC1CCCO1)C(C)C)C(=O)O. The van der Waals surface area contributed by atoms with Crippen LogP contribution in [0.25, 0.3) is 0 Å². The first kappa shape index (κ1) is 13.5. The molecular weight excluding hydrogens is 206 g/mol. The van der Waals surface area contributed by atoms with Crippen molar-refractivity contribution in [2.45, 2.75) is 45.8 Å². The molecule has 0 bridgehead atoms. The molecule has 0 aliphatic carbocycles. The lowest BCUT2D eigenvalue weighted by Gasteiger charge is -2.30. The van der Waals surface area contributed by atoms with E-state index >= 15 is 0 Å². The van der Waals surface area contributed by atoms with Gasteiger partial charge in [-0.05, 0) is 26.7 Å². The second-order valence-corrected chi connectivity index (χ2v) is 4.92. The number of hydrogen-bond donors (Lipinski definition) is 1. The summed E-state index contributed by atoms with van der Waals surface area (Å²) in [7, 11) is 0. The summed E-state index contributed by atoms with van der Waals surface area (Å²) in [6, 6.07) is 0.367. The normalized spacial score (nSPS) is 22.9. The monoisotopic (exact) mass is 229 g/mol. The average molecular weight is 229 g/mol. The predicted octanol–water partition coefficient (Wildman–Crippen LogP) is 1.60. The quantitative estimate of drug-likeness (QED) is 0.751. The second-order valence-electron chi connectivity index (χ2n) is 4.92. The summed E-state index contributed by atoms with van der Waals surface area (Å²) in [5, 5.41) is 8.92. The molecule has 4 nitrogen and oxygen atoms in total. The van der Waals surface area contributed by atoms with Crippen molar-refractivity contribution in [1.29, 1.82) is 0 Å². The van der Waals surface area contributed by atoms with Gasteiger partial charge in [-0.3, -0.25) is 9.69 Å². The molecule has 16 heavy (non-hydrogen) atoms. The summed E-state index contributed by atoms with van der Waals surface area (Å²) in [4.78, 5) is 13.0. The molecule has 1 heterocycles. The van der Waals surface area contributed by atoms with Gasteiger partial charge in [-0.25, -0.2) is 0 Å². The molecule has 2 atom stereocenters. The summed E-state index contributed by atoms with van der Waals surface area (Å²) in [5.41, 5.74) is 0. The molecule has 0 aromatic heterocycles. The molecule has 1 rings (SSSR count). The van der Waals surface area contributed by atoms with E-state index in [0.29, 0.717) is 18.7 Å². The number of rotatable bonds is 6. The number of hydrogen-bond acceptors (Lipinski definition) is 3. The standard InChI is InChI=1S/C12H23NO3/c1-9(2)13(7-10(3)12(14)15)8-11-5-4-6-16-11/h9-11H,4-8H2,1-3H3,(H,14,15). The van der Waals surface area contributed by atoms with E-state index in [9.17, 15) is 4.79 Å². The Bertz CT molecular complexity index is 224. The van der Waals surface area contributed by atoms with Crippen molar-refractivity contribution in [2.75, 3.05) is 19.7 Å². The number of aliphatic carboxylic acids is 1. The fourth-order valence-corrected chi connectivity index (χ4v) is 1.98. The van der Waals surface area contributed by atoms with Crippen molar-refractivity contribution >= 4 is 5.97 Å². The smallest absolute Gasteiger partial charge is 0.307 e. The van der Waals surface area contributed by atoms with Gasteiger partial charge in [0, 0.05) is 25.7 Å². The van der Waals surface area contributed by atoms with Crippen LogP contribution in [-0.4, -0.2) is 47.8 Å². The van der Waals surface area contributed by atoms with Crippen LogP contribution >= 0.6 is 0 Å². The van der Waals surface area contributed by atoms with Gasteiger partial charge in [0.1, 0.15) is 0 Å². The Hall–Kier alpha value is -0.610. The third-order valence-corrected chi connectivity index (χ3v) is 3.12. The van der Waals surface area contributed by atoms with Gasteiger partial charge in [-0.15, -0.1) is 0 Å². The Morgan fingerprint density at radius 2 is 2.19 bits per heavy atom. The number of carboxylic acids is 1. The third kappa shape index (κ3) is 4.10. The third-order valence-electron chi connectivity index (χ3n) is 3.12. The molecule has 1 aliphatic rings. The fraction of sp³-hybridized carbons (Fsp3) is 0.917. The molecular formula is C12H23NO3. The van der Waals surface area contributed by atoms with E-state index in [-0.39, 0.29) is 5.92 Å². The van der Waals surface area contributed by atoms with E-state index in [4.69, 9.17) is 9.84 Å². The van der Waals surface area contributed by atoms with Crippen molar-refractivity contribution in [2.24, 2.45) is 5.92 Å². The molecule has 0 radical (unpaired) electrons. The van der Waals surface area contributed by atoms with Crippen LogP contribution in [-0.2, 0) is 9.53 Å². The van der Waals surface area contributed by atoms with Crippen molar-refractivity contribution in [1.82, 2.24) is 4.90 Å². The maximum atomic E-state index is 10.8. The van der Waals surface area contributed by atoms with Gasteiger partial charge in [0.15, 0.2) is 0 Å². The molecule has 0 aromatic carbocycles. The van der Waals surface area contributed by atoms with Gasteiger partial charge in [-0.1, -0.05) is 6.92 Å². The molecule has 0 spiro atoms. The highest BCUT2D eigenvalue weighted by molar-refractivity contribution is 5.69. The van der Waals surface area contributed by atoms with Crippen LogP contribution in [0.15, 0.2) is 0 Å². The summed E-state index contributed by atoms with van der Waals surface area (Å²) < 4.78 is 5.59. The molecule has 0 amide bonds. The highest BCUT2D eigenvalue weighted by atomic mass is 16.5. The molecule has 1 aliphatic heterocycles. The lowest BCUT2D eigenvalue weighted by Crippen LogP contribution is -2.41. The molecule has 2 unspecified atom stereocenters. The molecule has 1 saturated heterocycles. The van der Waals surface area contributed by atoms with Gasteiger partial charge >= 0.3 is 5.97 Å². The highest BCUT2D eigenvalue weighted by Crippen LogP contribution is 2.15. The van der Waals surface area contributed by atoms with E-state index in [0.717, 1.165) is 26.0 Å². The van der Waals surface area contributed by atoms with E-state index in [1.165, 1.54) is 0 Å².